The first-order valence-corrected chi connectivity index (χ1v) is 6.89. The summed E-state index contributed by atoms with van der Waals surface area (Å²) in [5.74, 6) is 0.340. The third kappa shape index (κ3) is 3.73. The Morgan fingerprint density at radius 2 is 1.71 bits per heavy atom. The van der Waals surface area contributed by atoms with E-state index in [0.717, 1.165) is 17.4 Å². The molecule has 2 aromatic carbocycles. The summed E-state index contributed by atoms with van der Waals surface area (Å²) in [7, 11) is 1.63. The van der Waals surface area contributed by atoms with Gasteiger partial charge in [0.05, 0.1) is 7.11 Å². The van der Waals surface area contributed by atoms with Crippen LogP contribution in [0.4, 0.5) is 4.39 Å². The highest BCUT2D eigenvalue weighted by atomic mass is 19.1. The predicted molar refractivity (Wildman–Crippen MR) is 81.0 cm³/mol. The van der Waals surface area contributed by atoms with E-state index in [1.807, 2.05) is 38.1 Å². The molecule has 2 N–H and O–H groups in total. The van der Waals surface area contributed by atoms with Crippen molar-refractivity contribution in [3.63, 3.8) is 0 Å². The highest BCUT2D eigenvalue weighted by molar-refractivity contribution is 5.31. The summed E-state index contributed by atoms with van der Waals surface area (Å²) in [5.41, 5.74) is 1.63. The number of benzene rings is 2. The number of nitrogens with one attached hydrogen (secondary N) is 1. The van der Waals surface area contributed by atoms with Crippen molar-refractivity contribution in [2.45, 2.75) is 25.9 Å². The molecule has 0 spiro atoms. The fourth-order valence-corrected chi connectivity index (χ4v) is 2.32. The molecule has 1 unspecified atom stereocenters. The third-order valence-electron chi connectivity index (χ3n) is 3.57. The number of ether oxygens (including phenoxy) is 1. The Morgan fingerprint density at radius 1 is 1.05 bits per heavy atom. The maximum atomic E-state index is 13.8. The lowest BCUT2D eigenvalue weighted by Crippen LogP contribution is -2.23. The topological polar surface area (TPSA) is 41.5 Å². The van der Waals surface area contributed by atoms with Gasteiger partial charge < -0.3 is 15.2 Å². The van der Waals surface area contributed by atoms with Crippen LogP contribution in [-0.2, 0) is 0 Å². The zero-order valence-corrected chi connectivity index (χ0v) is 12.4. The van der Waals surface area contributed by atoms with Crippen LogP contribution in [0.1, 0.15) is 37.1 Å². The molecule has 112 valence electrons. The van der Waals surface area contributed by atoms with Crippen LogP contribution < -0.4 is 10.1 Å². The number of halogens is 1. The fraction of sp³-hybridized carbons (Fsp3) is 0.294. The number of rotatable bonds is 5. The summed E-state index contributed by atoms with van der Waals surface area (Å²) in [5, 5.41) is 12.6. The summed E-state index contributed by atoms with van der Waals surface area (Å²) in [6.07, 6.45) is 0. The standard InChI is InChI=1S/C17H20FNO2/c1-11(13-4-7-15(21-3)8-5-13)19-12(2)16-9-6-14(20)10-17(16)18/h4-12,19-20H,1-3H3/t11-,12?/m1/s1. The molecule has 21 heavy (non-hydrogen) atoms. The molecule has 0 radical (unpaired) electrons. The molecule has 3 nitrogen and oxygen atoms in total. The number of phenolic OH excluding ortho intramolecular Hbond substituents is 1. The van der Waals surface area contributed by atoms with Gasteiger partial charge in [0.25, 0.3) is 0 Å². The van der Waals surface area contributed by atoms with E-state index in [2.05, 4.69) is 5.32 Å². The van der Waals surface area contributed by atoms with E-state index in [0.29, 0.717) is 5.56 Å². The molecule has 2 aromatic rings. The minimum atomic E-state index is -0.406. The van der Waals surface area contributed by atoms with Crippen molar-refractivity contribution in [2.75, 3.05) is 7.11 Å². The largest absolute Gasteiger partial charge is 0.508 e. The molecule has 0 bridgehead atoms. The lowest BCUT2D eigenvalue weighted by atomic mass is 10.0. The molecule has 0 aliphatic heterocycles. The molecule has 0 fully saturated rings. The van der Waals surface area contributed by atoms with Gasteiger partial charge in [-0.25, -0.2) is 4.39 Å². The predicted octanol–water partition coefficient (Wildman–Crippen LogP) is 3.95. The van der Waals surface area contributed by atoms with Crippen molar-refractivity contribution in [1.82, 2.24) is 5.32 Å². The third-order valence-corrected chi connectivity index (χ3v) is 3.57. The maximum Gasteiger partial charge on any atom is 0.131 e. The van der Waals surface area contributed by atoms with Crippen molar-refractivity contribution < 1.29 is 14.2 Å². The Labute approximate surface area is 124 Å². The smallest absolute Gasteiger partial charge is 0.131 e. The molecule has 0 aliphatic rings. The van der Waals surface area contributed by atoms with Crippen molar-refractivity contribution in [2.24, 2.45) is 0 Å². The highest BCUT2D eigenvalue weighted by Gasteiger charge is 2.15. The molecule has 0 saturated carbocycles. The molecular weight excluding hydrogens is 269 g/mol. The van der Waals surface area contributed by atoms with E-state index in [9.17, 15) is 9.50 Å². The number of aromatic hydroxyl groups is 1. The van der Waals surface area contributed by atoms with Gasteiger partial charge in [0.2, 0.25) is 0 Å². The molecule has 2 atom stereocenters. The van der Waals surface area contributed by atoms with Crippen molar-refractivity contribution in [3.05, 3.63) is 59.4 Å². The zero-order chi connectivity index (χ0) is 15.4. The van der Waals surface area contributed by atoms with E-state index in [1.165, 1.54) is 6.07 Å². The molecule has 0 heterocycles. The first-order valence-electron chi connectivity index (χ1n) is 6.89. The summed E-state index contributed by atoms with van der Waals surface area (Å²) in [4.78, 5) is 0. The minimum absolute atomic E-state index is 0.0633. The van der Waals surface area contributed by atoms with Gasteiger partial charge in [0.15, 0.2) is 0 Å². The molecule has 2 rings (SSSR count). The van der Waals surface area contributed by atoms with Gasteiger partial charge in [-0.2, -0.15) is 0 Å². The van der Waals surface area contributed by atoms with Gasteiger partial charge in [-0.05, 0) is 37.6 Å². The summed E-state index contributed by atoms with van der Waals surface area (Å²) >= 11 is 0. The van der Waals surface area contributed by atoms with E-state index in [-0.39, 0.29) is 17.8 Å². The Hall–Kier alpha value is -2.07. The van der Waals surface area contributed by atoms with Crippen LogP contribution in [0.2, 0.25) is 0 Å². The number of methoxy groups -OCH3 is 1. The average molecular weight is 289 g/mol. The van der Waals surface area contributed by atoms with Crippen LogP contribution in [0.25, 0.3) is 0 Å². The molecule has 0 aliphatic carbocycles. The SMILES string of the molecule is COc1ccc([C@@H](C)NC(C)c2ccc(O)cc2F)cc1. The fourth-order valence-electron chi connectivity index (χ4n) is 2.32. The van der Waals surface area contributed by atoms with Gasteiger partial charge in [0.1, 0.15) is 17.3 Å². The minimum Gasteiger partial charge on any atom is -0.508 e. The molecular formula is C17H20FNO2. The van der Waals surface area contributed by atoms with Crippen molar-refractivity contribution >= 4 is 0 Å². The highest BCUT2D eigenvalue weighted by Crippen LogP contribution is 2.24. The lowest BCUT2D eigenvalue weighted by molar-refractivity contribution is 0.414. The first kappa shape index (κ1) is 15.3. The van der Waals surface area contributed by atoms with E-state index in [1.54, 1.807) is 13.2 Å². The van der Waals surface area contributed by atoms with Crippen LogP contribution >= 0.6 is 0 Å². The van der Waals surface area contributed by atoms with Crippen LogP contribution in [0.3, 0.4) is 0 Å². The normalized spacial score (nSPS) is 13.7. The molecule has 4 heteroatoms. The van der Waals surface area contributed by atoms with Crippen LogP contribution in [-0.4, -0.2) is 12.2 Å². The quantitative estimate of drug-likeness (QED) is 0.875. The zero-order valence-electron chi connectivity index (χ0n) is 12.4. The second-order valence-electron chi connectivity index (χ2n) is 5.09. The van der Waals surface area contributed by atoms with E-state index >= 15 is 0 Å². The Morgan fingerprint density at radius 3 is 2.29 bits per heavy atom. The van der Waals surface area contributed by atoms with Crippen LogP contribution in [0.5, 0.6) is 11.5 Å². The Kier molecular flexibility index (Phi) is 4.81. The summed E-state index contributed by atoms with van der Waals surface area (Å²) in [6.45, 7) is 3.92. The number of phenols is 1. The van der Waals surface area contributed by atoms with E-state index < -0.39 is 5.82 Å². The Bertz CT molecular complexity index is 598. The molecule has 0 saturated heterocycles. The van der Waals surface area contributed by atoms with Gasteiger partial charge in [-0.1, -0.05) is 18.2 Å². The Balaban J connectivity index is 2.08. The van der Waals surface area contributed by atoms with E-state index in [4.69, 9.17) is 4.74 Å². The average Bonchev–Trinajstić information content (AvgIpc) is 2.47. The summed E-state index contributed by atoms with van der Waals surface area (Å²) in [6, 6.07) is 11.9. The van der Waals surface area contributed by atoms with Gasteiger partial charge in [-0.3, -0.25) is 0 Å². The van der Waals surface area contributed by atoms with Crippen LogP contribution in [0, 0.1) is 5.82 Å². The van der Waals surface area contributed by atoms with Crippen LogP contribution in [0.15, 0.2) is 42.5 Å². The monoisotopic (exact) mass is 289 g/mol. The van der Waals surface area contributed by atoms with Crippen molar-refractivity contribution in [1.29, 1.82) is 0 Å². The maximum absolute atomic E-state index is 13.8. The van der Waals surface area contributed by atoms with Gasteiger partial charge in [0, 0.05) is 23.7 Å². The first-order chi connectivity index (χ1) is 10.0. The molecule has 0 aromatic heterocycles. The van der Waals surface area contributed by atoms with Gasteiger partial charge >= 0.3 is 0 Å². The molecule has 0 amide bonds. The van der Waals surface area contributed by atoms with Crippen molar-refractivity contribution in [3.8, 4) is 11.5 Å². The van der Waals surface area contributed by atoms with Gasteiger partial charge in [-0.15, -0.1) is 0 Å². The number of hydrogen-bond donors (Lipinski definition) is 2. The second-order valence-corrected chi connectivity index (χ2v) is 5.09. The second kappa shape index (κ2) is 6.59. The summed E-state index contributed by atoms with van der Waals surface area (Å²) < 4.78 is 19.0. The lowest BCUT2D eigenvalue weighted by Gasteiger charge is -2.21. The number of hydrogen-bond acceptors (Lipinski definition) is 3.